The smallest absolute Gasteiger partial charge is 0.246 e. The van der Waals surface area contributed by atoms with E-state index in [2.05, 4.69) is 26.9 Å². The van der Waals surface area contributed by atoms with Gasteiger partial charge < -0.3 is 14.5 Å². The number of hydrogen-bond acceptors (Lipinski definition) is 5. The van der Waals surface area contributed by atoms with Gasteiger partial charge in [-0.3, -0.25) is 14.7 Å². The lowest BCUT2D eigenvalue weighted by Gasteiger charge is -2.43. The molecule has 2 aliphatic rings. The number of benzene rings is 1. The summed E-state index contributed by atoms with van der Waals surface area (Å²) in [6.07, 6.45) is 9.29. The van der Waals surface area contributed by atoms with Crippen molar-refractivity contribution in [2.24, 2.45) is 0 Å². The number of amides is 1. The number of hydrogen-bond donors (Lipinski definition) is 0. The average Bonchev–Trinajstić information content (AvgIpc) is 2.83. The van der Waals surface area contributed by atoms with E-state index in [0.29, 0.717) is 6.04 Å². The molecule has 0 radical (unpaired) electrons. The van der Waals surface area contributed by atoms with Crippen LogP contribution in [0.4, 0.5) is 5.69 Å². The molecule has 0 unspecified atom stereocenters. The van der Waals surface area contributed by atoms with E-state index in [9.17, 15) is 4.79 Å². The molecule has 1 aromatic heterocycles. The summed E-state index contributed by atoms with van der Waals surface area (Å²) in [5.41, 5.74) is 2.25. The quantitative estimate of drug-likeness (QED) is 0.715. The zero-order chi connectivity index (χ0) is 20.8. The van der Waals surface area contributed by atoms with Crippen molar-refractivity contribution < 1.29 is 9.53 Å². The predicted octanol–water partition coefficient (Wildman–Crippen LogP) is 2.92. The minimum atomic E-state index is 0.105. The number of likely N-dealkylation sites (tertiary alicyclic amines) is 1. The molecule has 2 aromatic rings. The lowest BCUT2D eigenvalue weighted by atomic mass is 10.0. The van der Waals surface area contributed by atoms with Crippen molar-refractivity contribution in [1.29, 1.82) is 0 Å². The summed E-state index contributed by atoms with van der Waals surface area (Å²) >= 11 is 0. The van der Waals surface area contributed by atoms with E-state index in [0.717, 1.165) is 57.0 Å². The summed E-state index contributed by atoms with van der Waals surface area (Å²) in [7, 11) is 1.70. The van der Waals surface area contributed by atoms with Crippen LogP contribution in [0.1, 0.15) is 18.4 Å². The molecule has 6 nitrogen and oxygen atoms in total. The van der Waals surface area contributed by atoms with Crippen LogP contribution < -0.4 is 9.64 Å². The standard InChI is InChI=1S/C24H30N4O2/c1-30-23-7-5-21(6-8-23)26-15-17-27(18-16-26)22-3-2-14-28(19-22)24(29)9-4-20-10-12-25-13-11-20/h4-13,22H,2-3,14-19H2,1H3/b9-4+/t22-/m0/s1. The predicted molar refractivity (Wildman–Crippen MR) is 120 cm³/mol. The molecule has 0 saturated carbocycles. The topological polar surface area (TPSA) is 48.9 Å². The Kier molecular flexibility index (Phi) is 6.64. The molecule has 4 rings (SSSR count). The highest BCUT2D eigenvalue weighted by atomic mass is 16.5. The van der Waals surface area contributed by atoms with Gasteiger partial charge in [-0.25, -0.2) is 0 Å². The van der Waals surface area contributed by atoms with Gasteiger partial charge in [-0.05, 0) is 60.9 Å². The van der Waals surface area contributed by atoms with E-state index >= 15 is 0 Å². The second-order valence-corrected chi connectivity index (χ2v) is 7.92. The minimum absolute atomic E-state index is 0.105. The van der Waals surface area contributed by atoms with E-state index in [4.69, 9.17) is 4.74 Å². The number of nitrogens with zero attached hydrogens (tertiary/aromatic N) is 4. The Morgan fingerprint density at radius 3 is 2.47 bits per heavy atom. The maximum Gasteiger partial charge on any atom is 0.246 e. The highest BCUT2D eigenvalue weighted by molar-refractivity contribution is 5.91. The first-order chi connectivity index (χ1) is 14.7. The van der Waals surface area contributed by atoms with Crippen LogP contribution >= 0.6 is 0 Å². The van der Waals surface area contributed by atoms with Crippen LogP contribution in [0.25, 0.3) is 6.08 Å². The summed E-state index contributed by atoms with van der Waals surface area (Å²) in [6.45, 7) is 5.76. The fraction of sp³-hybridized carbons (Fsp3) is 0.417. The first-order valence-corrected chi connectivity index (χ1v) is 10.7. The molecule has 1 aromatic carbocycles. The van der Waals surface area contributed by atoms with Gasteiger partial charge in [-0.15, -0.1) is 0 Å². The first kappa shape index (κ1) is 20.4. The molecule has 1 amide bonds. The number of carbonyl (C=O) groups is 1. The fourth-order valence-corrected chi connectivity index (χ4v) is 4.34. The van der Waals surface area contributed by atoms with Gasteiger partial charge >= 0.3 is 0 Å². The molecule has 2 fully saturated rings. The van der Waals surface area contributed by atoms with Crippen LogP contribution in [0.15, 0.2) is 54.9 Å². The normalized spacial score (nSPS) is 20.5. The van der Waals surface area contributed by atoms with Gasteiger partial charge in [0.2, 0.25) is 5.91 Å². The Morgan fingerprint density at radius 1 is 1.03 bits per heavy atom. The van der Waals surface area contributed by atoms with Crippen LogP contribution in [0.2, 0.25) is 0 Å². The molecule has 0 aliphatic carbocycles. The number of methoxy groups -OCH3 is 1. The maximum absolute atomic E-state index is 12.7. The number of piperazine rings is 1. The molecular formula is C24H30N4O2. The Bertz CT molecular complexity index is 845. The second kappa shape index (κ2) is 9.76. The number of aromatic nitrogens is 1. The number of rotatable bonds is 5. The zero-order valence-electron chi connectivity index (χ0n) is 17.6. The van der Waals surface area contributed by atoms with Gasteiger partial charge in [0.25, 0.3) is 0 Å². The number of anilines is 1. The Hall–Kier alpha value is -2.86. The van der Waals surface area contributed by atoms with Crippen molar-refractivity contribution in [2.75, 3.05) is 51.3 Å². The van der Waals surface area contributed by atoms with Gasteiger partial charge in [-0.2, -0.15) is 0 Å². The molecule has 3 heterocycles. The molecule has 2 aliphatic heterocycles. The number of piperidine rings is 1. The van der Waals surface area contributed by atoms with Crippen molar-refractivity contribution in [3.05, 3.63) is 60.4 Å². The van der Waals surface area contributed by atoms with Gasteiger partial charge in [0.1, 0.15) is 5.75 Å². The van der Waals surface area contributed by atoms with Crippen molar-refractivity contribution >= 4 is 17.7 Å². The van der Waals surface area contributed by atoms with E-state index in [1.165, 1.54) is 12.1 Å². The van der Waals surface area contributed by atoms with Crippen LogP contribution in [0.3, 0.4) is 0 Å². The van der Waals surface area contributed by atoms with Crippen LogP contribution in [-0.2, 0) is 4.79 Å². The third-order valence-electron chi connectivity index (χ3n) is 6.10. The minimum Gasteiger partial charge on any atom is -0.497 e. The first-order valence-electron chi connectivity index (χ1n) is 10.7. The maximum atomic E-state index is 12.7. The van der Waals surface area contributed by atoms with Gasteiger partial charge in [0.15, 0.2) is 0 Å². The highest BCUT2D eigenvalue weighted by Crippen LogP contribution is 2.23. The van der Waals surface area contributed by atoms with Crippen LogP contribution in [-0.4, -0.2) is 73.1 Å². The molecule has 0 bridgehead atoms. The molecule has 0 spiro atoms. The van der Waals surface area contributed by atoms with E-state index in [1.807, 2.05) is 35.2 Å². The van der Waals surface area contributed by atoms with Crippen LogP contribution in [0.5, 0.6) is 5.75 Å². The monoisotopic (exact) mass is 406 g/mol. The number of ether oxygens (including phenoxy) is 1. The molecular weight excluding hydrogens is 376 g/mol. The molecule has 30 heavy (non-hydrogen) atoms. The lowest BCUT2D eigenvalue weighted by molar-refractivity contribution is -0.128. The van der Waals surface area contributed by atoms with E-state index in [1.54, 1.807) is 25.6 Å². The lowest BCUT2D eigenvalue weighted by Crippen LogP contribution is -2.55. The average molecular weight is 407 g/mol. The van der Waals surface area contributed by atoms with Crippen molar-refractivity contribution in [3.63, 3.8) is 0 Å². The van der Waals surface area contributed by atoms with Crippen molar-refractivity contribution in [1.82, 2.24) is 14.8 Å². The third-order valence-corrected chi connectivity index (χ3v) is 6.10. The Labute approximate surface area is 178 Å². The molecule has 0 N–H and O–H groups in total. The highest BCUT2D eigenvalue weighted by Gasteiger charge is 2.29. The van der Waals surface area contributed by atoms with Gasteiger partial charge in [-0.1, -0.05) is 0 Å². The van der Waals surface area contributed by atoms with E-state index in [-0.39, 0.29) is 5.91 Å². The molecule has 158 valence electrons. The Balaban J connectivity index is 1.29. The van der Waals surface area contributed by atoms with Crippen LogP contribution in [0, 0.1) is 0 Å². The van der Waals surface area contributed by atoms with Gasteiger partial charge in [0.05, 0.1) is 7.11 Å². The summed E-state index contributed by atoms with van der Waals surface area (Å²) in [6, 6.07) is 12.6. The largest absolute Gasteiger partial charge is 0.497 e. The van der Waals surface area contributed by atoms with Gasteiger partial charge in [0, 0.05) is 69.5 Å². The summed E-state index contributed by atoms with van der Waals surface area (Å²) in [4.78, 5) is 23.7. The summed E-state index contributed by atoms with van der Waals surface area (Å²) in [5, 5.41) is 0. The van der Waals surface area contributed by atoms with Crippen molar-refractivity contribution in [2.45, 2.75) is 18.9 Å². The molecule has 6 heteroatoms. The Morgan fingerprint density at radius 2 is 1.77 bits per heavy atom. The molecule has 2 saturated heterocycles. The summed E-state index contributed by atoms with van der Waals surface area (Å²) < 4.78 is 5.26. The number of carbonyl (C=O) groups excluding carboxylic acids is 1. The summed E-state index contributed by atoms with van der Waals surface area (Å²) in [5.74, 6) is 0.996. The second-order valence-electron chi connectivity index (χ2n) is 7.92. The third kappa shape index (κ3) is 5.00. The fourth-order valence-electron chi connectivity index (χ4n) is 4.34. The van der Waals surface area contributed by atoms with Crippen molar-refractivity contribution in [3.8, 4) is 5.75 Å². The SMILES string of the molecule is COc1ccc(N2CCN([C@H]3CCCN(C(=O)/C=C/c4ccncc4)C3)CC2)cc1. The zero-order valence-corrected chi connectivity index (χ0v) is 17.6. The van der Waals surface area contributed by atoms with E-state index < -0.39 is 0 Å². The molecule has 1 atom stereocenters. The number of pyridine rings is 1.